The molecule has 0 fully saturated rings. The fourth-order valence-corrected chi connectivity index (χ4v) is 2.27. The molecule has 0 aliphatic rings. The van der Waals surface area contributed by atoms with E-state index in [2.05, 4.69) is 6.07 Å². The largest absolute Gasteiger partial charge is 0.284 e. The second-order valence-electron chi connectivity index (χ2n) is 4.83. The third-order valence-electron chi connectivity index (χ3n) is 3.30. The topological polar surface area (TPSA) is 22.0 Å². The smallest absolute Gasteiger partial charge is 0.255 e. The summed E-state index contributed by atoms with van der Waals surface area (Å²) < 4.78 is 1.67. The van der Waals surface area contributed by atoms with Gasteiger partial charge in [0, 0.05) is 17.7 Å². The van der Waals surface area contributed by atoms with Gasteiger partial charge in [0.25, 0.3) is 5.91 Å². The van der Waals surface area contributed by atoms with Crippen LogP contribution in [0.2, 0.25) is 0 Å². The number of rotatable bonds is 2. The van der Waals surface area contributed by atoms with Crippen LogP contribution >= 0.6 is 0 Å². The molecule has 0 unspecified atom stereocenters. The van der Waals surface area contributed by atoms with Gasteiger partial charge in [0.1, 0.15) is 0 Å². The number of carbonyl (C=O) groups excluding carboxylic acids is 1. The van der Waals surface area contributed by atoms with Gasteiger partial charge in [-0.1, -0.05) is 42.0 Å². The minimum absolute atomic E-state index is 0.0345. The molecule has 1 heterocycles. The minimum atomic E-state index is -0.0345. The molecule has 0 aliphatic carbocycles. The summed E-state index contributed by atoms with van der Waals surface area (Å²) in [6.45, 7) is 2.05. The summed E-state index contributed by atoms with van der Waals surface area (Å²) >= 11 is 0. The lowest BCUT2D eigenvalue weighted by Gasteiger charge is -2.00. The minimum Gasteiger partial charge on any atom is -0.284 e. The number of aromatic nitrogens is 1. The van der Waals surface area contributed by atoms with Gasteiger partial charge in [0.05, 0.1) is 5.52 Å². The van der Waals surface area contributed by atoms with Gasteiger partial charge in [-0.2, -0.15) is 0 Å². The zero-order valence-corrected chi connectivity index (χ0v) is 11.3. The number of benzene rings is 2. The van der Waals surface area contributed by atoms with E-state index in [4.69, 9.17) is 0 Å². The summed E-state index contributed by atoms with van der Waals surface area (Å²) in [4.78, 5) is 12.3. The Hall–Kier alpha value is -2.61. The number of carbonyl (C=O) groups is 1. The van der Waals surface area contributed by atoms with E-state index in [1.54, 1.807) is 10.6 Å². The molecule has 98 valence electrons. The normalized spacial score (nSPS) is 11.2. The van der Waals surface area contributed by atoms with Gasteiger partial charge >= 0.3 is 0 Å². The fourth-order valence-electron chi connectivity index (χ4n) is 2.27. The predicted molar refractivity (Wildman–Crippen MR) is 82.8 cm³/mol. The summed E-state index contributed by atoms with van der Waals surface area (Å²) in [6, 6.07) is 17.9. The molecular weight excluding hydrogens is 246 g/mol. The molecule has 0 saturated heterocycles. The van der Waals surface area contributed by atoms with Gasteiger partial charge in [-0.15, -0.1) is 0 Å². The third kappa shape index (κ3) is 2.41. The van der Waals surface area contributed by atoms with Crippen LogP contribution in [0.15, 0.2) is 66.9 Å². The standard InChI is InChI=1S/C18H15NO/c1-14-7-9-17-16(13-14)11-12-19(17)18(20)10-8-15-5-3-2-4-6-15/h2-13H,1H3/b10-8+. The number of hydrogen-bond donors (Lipinski definition) is 0. The Kier molecular flexibility index (Phi) is 3.21. The SMILES string of the molecule is Cc1ccc2c(ccn2C(=O)/C=C/c2ccccc2)c1. The van der Waals surface area contributed by atoms with Crippen molar-refractivity contribution in [3.8, 4) is 0 Å². The van der Waals surface area contributed by atoms with Gasteiger partial charge in [0.2, 0.25) is 0 Å². The Morgan fingerprint density at radius 2 is 1.85 bits per heavy atom. The van der Waals surface area contributed by atoms with Crippen molar-refractivity contribution in [1.29, 1.82) is 0 Å². The molecule has 0 N–H and O–H groups in total. The first-order valence-corrected chi connectivity index (χ1v) is 6.59. The van der Waals surface area contributed by atoms with E-state index in [1.165, 1.54) is 5.56 Å². The van der Waals surface area contributed by atoms with Crippen molar-refractivity contribution in [1.82, 2.24) is 4.57 Å². The Balaban J connectivity index is 1.91. The molecule has 0 amide bonds. The lowest BCUT2D eigenvalue weighted by atomic mass is 10.2. The van der Waals surface area contributed by atoms with Crippen LogP contribution in [-0.4, -0.2) is 10.5 Å². The first-order valence-electron chi connectivity index (χ1n) is 6.59. The van der Waals surface area contributed by atoms with Crippen LogP contribution in [-0.2, 0) is 0 Å². The number of allylic oxidation sites excluding steroid dienone is 1. The zero-order chi connectivity index (χ0) is 13.9. The second kappa shape index (κ2) is 5.17. The molecule has 0 bridgehead atoms. The maximum absolute atomic E-state index is 12.3. The van der Waals surface area contributed by atoms with E-state index in [0.717, 1.165) is 16.5 Å². The molecule has 2 heteroatoms. The average Bonchev–Trinajstić information content (AvgIpc) is 2.89. The second-order valence-corrected chi connectivity index (χ2v) is 4.83. The summed E-state index contributed by atoms with van der Waals surface area (Å²) in [5.74, 6) is -0.0345. The van der Waals surface area contributed by atoms with Gasteiger partial charge in [-0.25, -0.2) is 0 Å². The lowest BCUT2D eigenvalue weighted by molar-refractivity contribution is 0.0975. The maximum Gasteiger partial charge on any atom is 0.255 e. The van der Waals surface area contributed by atoms with Crippen molar-refractivity contribution in [3.05, 3.63) is 78.0 Å². The van der Waals surface area contributed by atoms with Gasteiger partial charge < -0.3 is 0 Å². The highest BCUT2D eigenvalue weighted by Gasteiger charge is 2.05. The molecular formula is C18H15NO. The maximum atomic E-state index is 12.3. The monoisotopic (exact) mass is 261 g/mol. The Labute approximate surface area is 118 Å². The van der Waals surface area contributed by atoms with E-state index in [0.29, 0.717) is 0 Å². The molecule has 0 radical (unpaired) electrons. The molecule has 20 heavy (non-hydrogen) atoms. The summed E-state index contributed by atoms with van der Waals surface area (Å²) in [7, 11) is 0. The van der Waals surface area contributed by atoms with Crippen LogP contribution < -0.4 is 0 Å². The highest BCUT2D eigenvalue weighted by molar-refractivity contribution is 6.00. The number of nitrogens with zero attached hydrogens (tertiary/aromatic N) is 1. The van der Waals surface area contributed by atoms with Gasteiger partial charge in [-0.05, 0) is 36.8 Å². The third-order valence-corrected chi connectivity index (χ3v) is 3.30. The molecule has 3 aromatic rings. The number of aryl methyl sites for hydroxylation is 1. The molecule has 0 aliphatic heterocycles. The van der Waals surface area contributed by atoms with Gasteiger partial charge in [-0.3, -0.25) is 9.36 Å². The van der Waals surface area contributed by atoms with Crippen molar-refractivity contribution in [3.63, 3.8) is 0 Å². The highest BCUT2D eigenvalue weighted by atomic mass is 16.1. The first kappa shape index (κ1) is 12.4. The predicted octanol–water partition coefficient (Wildman–Crippen LogP) is 4.30. The van der Waals surface area contributed by atoms with Crippen LogP contribution in [0.25, 0.3) is 17.0 Å². The van der Waals surface area contributed by atoms with E-state index >= 15 is 0 Å². The first-order chi connectivity index (χ1) is 9.74. The van der Waals surface area contributed by atoms with E-state index in [9.17, 15) is 4.79 Å². The van der Waals surface area contributed by atoms with Crippen LogP contribution in [0, 0.1) is 6.92 Å². The average molecular weight is 261 g/mol. The Bertz CT molecular complexity index is 782. The van der Waals surface area contributed by atoms with Crippen LogP contribution in [0.5, 0.6) is 0 Å². The fraction of sp³-hybridized carbons (Fsp3) is 0.0556. The van der Waals surface area contributed by atoms with Crippen molar-refractivity contribution >= 4 is 22.9 Å². The lowest BCUT2D eigenvalue weighted by Crippen LogP contribution is -2.04. The van der Waals surface area contributed by atoms with E-state index < -0.39 is 0 Å². The highest BCUT2D eigenvalue weighted by Crippen LogP contribution is 2.17. The summed E-state index contributed by atoms with van der Waals surface area (Å²) in [5.41, 5.74) is 3.16. The molecule has 0 saturated carbocycles. The molecule has 1 aromatic heterocycles. The van der Waals surface area contributed by atoms with Crippen molar-refractivity contribution in [2.75, 3.05) is 0 Å². The van der Waals surface area contributed by atoms with Crippen molar-refractivity contribution < 1.29 is 4.79 Å². The zero-order valence-electron chi connectivity index (χ0n) is 11.3. The van der Waals surface area contributed by atoms with Crippen molar-refractivity contribution in [2.45, 2.75) is 6.92 Å². The van der Waals surface area contributed by atoms with Crippen LogP contribution in [0.3, 0.4) is 0 Å². The number of fused-ring (bicyclic) bond motifs is 1. The number of hydrogen-bond acceptors (Lipinski definition) is 1. The van der Waals surface area contributed by atoms with Crippen molar-refractivity contribution in [2.24, 2.45) is 0 Å². The molecule has 3 rings (SSSR count). The quantitative estimate of drug-likeness (QED) is 0.630. The summed E-state index contributed by atoms with van der Waals surface area (Å²) in [6.07, 6.45) is 5.26. The van der Waals surface area contributed by atoms with E-state index in [-0.39, 0.29) is 5.91 Å². The van der Waals surface area contributed by atoms with Crippen LogP contribution in [0.1, 0.15) is 15.9 Å². The van der Waals surface area contributed by atoms with Crippen LogP contribution in [0.4, 0.5) is 0 Å². The Morgan fingerprint density at radius 3 is 2.65 bits per heavy atom. The van der Waals surface area contributed by atoms with E-state index in [1.807, 2.05) is 67.7 Å². The molecule has 0 atom stereocenters. The Morgan fingerprint density at radius 1 is 1.05 bits per heavy atom. The molecule has 2 nitrogen and oxygen atoms in total. The van der Waals surface area contributed by atoms with Gasteiger partial charge in [0.15, 0.2) is 0 Å². The summed E-state index contributed by atoms with van der Waals surface area (Å²) in [5, 5.41) is 1.09. The molecule has 2 aromatic carbocycles. The molecule has 0 spiro atoms.